The molecule has 0 saturated heterocycles. The molecular weight excluding hydrogens is 264 g/mol. The van der Waals surface area contributed by atoms with Gasteiger partial charge in [-0.2, -0.15) is 0 Å². The van der Waals surface area contributed by atoms with Gasteiger partial charge in [-0.25, -0.2) is 0 Å². The third-order valence-electron chi connectivity index (χ3n) is 4.09. The van der Waals surface area contributed by atoms with Crippen molar-refractivity contribution in [3.63, 3.8) is 0 Å². The standard InChI is InChI=1S/C17H26N2S/c1-14(15-10-6-5-7-11-15)18-17(20)19-16-12-8-3-2-4-9-13-16/h5-7,10-11,14,16H,2-4,8-9,12-13H2,1H3,(H2,18,19,20). The molecule has 0 heterocycles. The average molecular weight is 290 g/mol. The van der Waals surface area contributed by atoms with Gasteiger partial charge in [0.2, 0.25) is 0 Å². The van der Waals surface area contributed by atoms with Gasteiger partial charge in [0.05, 0.1) is 6.04 Å². The van der Waals surface area contributed by atoms with Crippen LogP contribution < -0.4 is 10.6 Å². The molecule has 2 nitrogen and oxygen atoms in total. The summed E-state index contributed by atoms with van der Waals surface area (Å²) >= 11 is 5.47. The van der Waals surface area contributed by atoms with Gasteiger partial charge in [-0.05, 0) is 37.5 Å². The molecule has 1 aromatic carbocycles. The summed E-state index contributed by atoms with van der Waals surface area (Å²) in [7, 11) is 0. The minimum atomic E-state index is 0.254. The van der Waals surface area contributed by atoms with Gasteiger partial charge in [-0.3, -0.25) is 0 Å². The van der Waals surface area contributed by atoms with Crippen molar-refractivity contribution in [1.82, 2.24) is 10.6 Å². The van der Waals surface area contributed by atoms with Gasteiger partial charge in [0.15, 0.2) is 5.11 Å². The van der Waals surface area contributed by atoms with E-state index in [1.54, 1.807) is 0 Å². The first-order valence-electron chi connectivity index (χ1n) is 7.87. The Bertz CT molecular complexity index is 397. The zero-order valence-corrected chi connectivity index (χ0v) is 13.2. The highest BCUT2D eigenvalue weighted by Crippen LogP contribution is 2.17. The van der Waals surface area contributed by atoms with Crippen LogP contribution in [0.1, 0.15) is 63.5 Å². The summed E-state index contributed by atoms with van der Waals surface area (Å²) in [6.45, 7) is 2.15. The summed E-state index contributed by atoms with van der Waals surface area (Å²) < 4.78 is 0. The molecule has 2 rings (SSSR count). The van der Waals surface area contributed by atoms with E-state index in [1.807, 2.05) is 6.07 Å². The Morgan fingerprint density at radius 2 is 1.65 bits per heavy atom. The third-order valence-corrected chi connectivity index (χ3v) is 4.32. The highest BCUT2D eigenvalue weighted by Gasteiger charge is 2.13. The van der Waals surface area contributed by atoms with Crippen LogP contribution in [0, 0.1) is 0 Å². The molecule has 0 spiro atoms. The quantitative estimate of drug-likeness (QED) is 0.811. The Morgan fingerprint density at radius 1 is 1.05 bits per heavy atom. The Balaban J connectivity index is 1.79. The lowest BCUT2D eigenvalue weighted by Gasteiger charge is -2.24. The molecule has 1 saturated carbocycles. The number of nitrogens with one attached hydrogen (secondary N) is 2. The van der Waals surface area contributed by atoms with Crippen LogP contribution in [0.5, 0.6) is 0 Å². The van der Waals surface area contributed by atoms with Gasteiger partial charge in [0, 0.05) is 6.04 Å². The Kier molecular flexibility index (Phi) is 6.31. The lowest BCUT2D eigenvalue weighted by Crippen LogP contribution is -2.43. The molecule has 0 bridgehead atoms. The molecule has 0 radical (unpaired) electrons. The number of rotatable bonds is 3. The van der Waals surface area contributed by atoms with Crippen LogP contribution in [-0.4, -0.2) is 11.2 Å². The van der Waals surface area contributed by atoms with Gasteiger partial charge in [-0.1, -0.05) is 62.4 Å². The average Bonchev–Trinajstić information content (AvgIpc) is 2.42. The number of hydrogen-bond donors (Lipinski definition) is 2. The van der Waals surface area contributed by atoms with E-state index in [0.717, 1.165) is 5.11 Å². The van der Waals surface area contributed by atoms with Gasteiger partial charge in [-0.15, -0.1) is 0 Å². The molecule has 0 amide bonds. The minimum Gasteiger partial charge on any atom is -0.360 e. The van der Waals surface area contributed by atoms with E-state index >= 15 is 0 Å². The summed E-state index contributed by atoms with van der Waals surface area (Å²) in [6, 6.07) is 11.3. The molecule has 1 fully saturated rings. The fraction of sp³-hybridized carbons (Fsp3) is 0.588. The van der Waals surface area contributed by atoms with E-state index in [4.69, 9.17) is 12.2 Å². The van der Waals surface area contributed by atoms with E-state index in [9.17, 15) is 0 Å². The summed E-state index contributed by atoms with van der Waals surface area (Å²) in [5, 5.41) is 7.71. The molecule has 1 unspecified atom stereocenters. The molecule has 2 N–H and O–H groups in total. The predicted molar refractivity (Wildman–Crippen MR) is 89.8 cm³/mol. The molecule has 3 heteroatoms. The molecule has 1 aliphatic rings. The van der Waals surface area contributed by atoms with Crippen molar-refractivity contribution in [3.8, 4) is 0 Å². The second kappa shape index (κ2) is 8.25. The van der Waals surface area contributed by atoms with E-state index < -0.39 is 0 Å². The molecular formula is C17H26N2S. The van der Waals surface area contributed by atoms with Crippen molar-refractivity contribution >= 4 is 17.3 Å². The Morgan fingerprint density at radius 3 is 2.30 bits per heavy atom. The largest absolute Gasteiger partial charge is 0.360 e. The number of thiocarbonyl (C=S) groups is 1. The lowest BCUT2D eigenvalue weighted by molar-refractivity contribution is 0.426. The second-order valence-corrected chi connectivity index (χ2v) is 6.20. The first-order chi connectivity index (χ1) is 9.75. The van der Waals surface area contributed by atoms with Crippen molar-refractivity contribution in [2.45, 2.75) is 64.0 Å². The first-order valence-corrected chi connectivity index (χ1v) is 8.28. The van der Waals surface area contributed by atoms with Crippen LogP contribution >= 0.6 is 12.2 Å². The SMILES string of the molecule is CC(NC(=S)NC1CCCCCCC1)c1ccccc1. The van der Waals surface area contributed by atoms with Crippen molar-refractivity contribution < 1.29 is 0 Å². The minimum absolute atomic E-state index is 0.254. The van der Waals surface area contributed by atoms with Crippen LogP contribution in [-0.2, 0) is 0 Å². The van der Waals surface area contributed by atoms with Gasteiger partial charge in [0.1, 0.15) is 0 Å². The zero-order valence-electron chi connectivity index (χ0n) is 12.4. The molecule has 0 aromatic heterocycles. The smallest absolute Gasteiger partial charge is 0.166 e. The van der Waals surface area contributed by atoms with Gasteiger partial charge in [0.25, 0.3) is 0 Å². The maximum atomic E-state index is 5.47. The zero-order chi connectivity index (χ0) is 14.2. The maximum Gasteiger partial charge on any atom is 0.166 e. The van der Waals surface area contributed by atoms with E-state index in [2.05, 4.69) is 41.8 Å². The van der Waals surface area contributed by atoms with Crippen LogP contribution in [0.25, 0.3) is 0 Å². The molecule has 20 heavy (non-hydrogen) atoms. The van der Waals surface area contributed by atoms with Crippen molar-refractivity contribution in [1.29, 1.82) is 0 Å². The summed E-state index contributed by atoms with van der Waals surface area (Å²) in [4.78, 5) is 0. The van der Waals surface area contributed by atoms with E-state index in [0.29, 0.717) is 6.04 Å². The molecule has 0 aliphatic heterocycles. The monoisotopic (exact) mass is 290 g/mol. The fourth-order valence-corrected chi connectivity index (χ4v) is 3.19. The lowest BCUT2D eigenvalue weighted by atomic mass is 9.97. The van der Waals surface area contributed by atoms with Crippen molar-refractivity contribution in [3.05, 3.63) is 35.9 Å². The first kappa shape index (κ1) is 15.3. The molecule has 110 valence electrons. The van der Waals surface area contributed by atoms with Crippen molar-refractivity contribution in [2.24, 2.45) is 0 Å². The normalized spacial score (nSPS) is 18.6. The number of benzene rings is 1. The molecule has 1 aromatic rings. The van der Waals surface area contributed by atoms with Gasteiger partial charge >= 0.3 is 0 Å². The highest BCUT2D eigenvalue weighted by atomic mass is 32.1. The Hall–Kier alpha value is -1.09. The summed E-state index contributed by atoms with van der Waals surface area (Å²) in [5.74, 6) is 0. The number of hydrogen-bond acceptors (Lipinski definition) is 1. The predicted octanol–water partition coefficient (Wildman–Crippen LogP) is 4.32. The van der Waals surface area contributed by atoms with Gasteiger partial charge < -0.3 is 10.6 Å². The van der Waals surface area contributed by atoms with Crippen LogP contribution in [0.3, 0.4) is 0 Å². The van der Waals surface area contributed by atoms with Crippen LogP contribution in [0.2, 0.25) is 0 Å². The Labute approximate surface area is 128 Å². The molecule has 1 aliphatic carbocycles. The second-order valence-electron chi connectivity index (χ2n) is 5.79. The fourth-order valence-electron chi connectivity index (χ4n) is 2.85. The van der Waals surface area contributed by atoms with Crippen LogP contribution in [0.15, 0.2) is 30.3 Å². The third kappa shape index (κ3) is 5.12. The maximum absolute atomic E-state index is 5.47. The van der Waals surface area contributed by atoms with Crippen molar-refractivity contribution in [2.75, 3.05) is 0 Å². The van der Waals surface area contributed by atoms with Crippen LogP contribution in [0.4, 0.5) is 0 Å². The molecule has 1 atom stereocenters. The topological polar surface area (TPSA) is 24.1 Å². The summed E-state index contributed by atoms with van der Waals surface area (Å²) in [6.07, 6.45) is 9.31. The van der Waals surface area contributed by atoms with E-state index in [1.165, 1.54) is 50.5 Å². The highest BCUT2D eigenvalue weighted by molar-refractivity contribution is 7.80. The van der Waals surface area contributed by atoms with E-state index in [-0.39, 0.29) is 6.04 Å². The summed E-state index contributed by atoms with van der Waals surface area (Å²) in [5.41, 5.74) is 1.27.